The second-order valence-corrected chi connectivity index (χ2v) is 6.51. The van der Waals surface area contributed by atoms with Crippen molar-refractivity contribution in [2.75, 3.05) is 0 Å². The van der Waals surface area contributed by atoms with Crippen LogP contribution in [0.25, 0.3) is 10.9 Å². The van der Waals surface area contributed by atoms with Crippen LogP contribution in [0.1, 0.15) is 50.9 Å². The predicted octanol–water partition coefficient (Wildman–Crippen LogP) is 7.52. The number of benzene rings is 2. The lowest BCUT2D eigenvalue weighted by Crippen LogP contribution is -1.96. The molecule has 0 aliphatic rings. The van der Waals surface area contributed by atoms with E-state index >= 15 is 0 Å². The van der Waals surface area contributed by atoms with Crippen molar-refractivity contribution in [1.29, 1.82) is 0 Å². The fraction of sp³-hybridized carbons (Fsp3) is 0.333. The highest BCUT2D eigenvalue weighted by Crippen LogP contribution is 2.22. The van der Waals surface area contributed by atoms with Gasteiger partial charge in [0, 0.05) is 28.3 Å². The van der Waals surface area contributed by atoms with Gasteiger partial charge in [-0.05, 0) is 55.7 Å². The third-order valence-electron chi connectivity index (χ3n) is 3.84. The predicted molar refractivity (Wildman–Crippen MR) is 125 cm³/mol. The first-order valence-corrected chi connectivity index (χ1v) is 11.0. The molecule has 0 atom stereocenters. The molecule has 0 fully saturated rings. The molecule has 0 N–H and O–H groups in total. The second kappa shape index (κ2) is 12.6. The smallest absolute Gasteiger partial charge is 0.123 e. The van der Waals surface area contributed by atoms with E-state index in [0.717, 1.165) is 28.7 Å². The number of fused-ring (bicyclic) bond motifs is 1. The summed E-state index contributed by atoms with van der Waals surface area (Å²) in [7, 11) is 0. The lowest BCUT2D eigenvalue weighted by Gasteiger charge is -2.03. The maximum absolute atomic E-state index is 12.1. The molecule has 2 aromatic carbocycles. The van der Waals surface area contributed by atoms with Gasteiger partial charge in [0.15, 0.2) is 0 Å². The van der Waals surface area contributed by atoms with Crippen molar-refractivity contribution in [1.82, 2.24) is 4.57 Å². The SMILES string of the molecule is CC.CCC#Cc1cc2cc(CI)ccc2n1CC.Cc1ccc(F)cc1. The maximum atomic E-state index is 12.1. The summed E-state index contributed by atoms with van der Waals surface area (Å²) < 4.78 is 15.4. The van der Waals surface area contributed by atoms with Gasteiger partial charge < -0.3 is 4.57 Å². The van der Waals surface area contributed by atoms with E-state index in [4.69, 9.17) is 0 Å². The van der Waals surface area contributed by atoms with Crippen molar-refractivity contribution in [2.24, 2.45) is 0 Å². The van der Waals surface area contributed by atoms with Crippen LogP contribution in [-0.2, 0) is 11.0 Å². The van der Waals surface area contributed by atoms with Gasteiger partial charge in [0.1, 0.15) is 5.82 Å². The lowest BCUT2D eigenvalue weighted by atomic mass is 10.2. The van der Waals surface area contributed by atoms with E-state index in [-0.39, 0.29) is 5.82 Å². The summed E-state index contributed by atoms with van der Waals surface area (Å²) in [5, 5.41) is 1.31. The molecule has 0 aliphatic carbocycles. The van der Waals surface area contributed by atoms with Crippen molar-refractivity contribution in [3.8, 4) is 11.8 Å². The molecule has 0 unspecified atom stereocenters. The molecule has 3 heteroatoms. The number of alkyl halides is 1. The zero-order chi connectivity index (χ0) is 20.2. The van der Waals surface area contributed by atoms with Crippen LogP contribution in [0.4, 0.5) is 4.39 Å². The van der Waals surface area contributed by atoms with Crippen LogP contribution in [0.3, 0.4) is 0 Å². The molecular formula is C24H29FIN. The summed E-state index contributed by atoms with van der Waals surface area (Å²) in [6.07, 6.45) is 0.907. The molecule has 0 amide bonds. The molecule has 1 heterocycles. The highest BCUT2D eigenvalue weighted by atomic mass is 127. The lowest BCUT2D eigenvalue weighted by molar-refractivity contribution is 0.627. The summed E-state index contributed by atoms with van der Waals surface area (Å²) >= 11 is 2.40. The molecule has 0 bridgehead atoms. The molecule has 27 heavy (non-hydrogen) atoms. The molecule has 1 aromatic heterocycles. The minimum Gasteiger partial charge on any atom is -0.334 e. The average molecular weight is 477 g/mol. The van der Waals surface area contributed by atoms with Crippen molar-refractivity contribution < 1.29 is 4.39 Å². The van der Waals surface area contributed by atoms with Gasteiger partial charge in [-0.3, -0.25) is 0 Å². The molecule has 0 radical (unpaired) electrons. The minimum absolute atomic E-state index is 0.171. The van der Waals surface area contributed by atoms with E-state index < -0.39 is 0 Å². The Hall–Kier alpha value is -1.80. The van der Waals surface area contributed by atoms with Gasteiger partial charge in [-0.15, -0.1) is 0 Å². The van der Waals surface area contributed by atoms with E-state index in [1.54, 1.807) is 12.1 Å². The van der Waals surface area contributed by atoms with Crippen LogP contribution in [0.15, 0.2) is 48.5 Å². The topological polar surface area (TPSA) is 4.93 Å². The van der Waals surface area contributed by atoms with E-state index in [1.807, 2.05) is 20.8 Å². The van der Waals surface area contributed by atoms with Crippen LogP contribution in [0.2, 0.25) is 0 Å². The zero-order valence-corrected chi connectivity index (χ0v) is 19.1. The van der Waals surface area contributed by atoms with Gasteiger partial charge in [0.05, 0.1) is 5.69 Å². The van der Waals surface area contributed by atoms with Gasteiger partial charge in [-0.25, -0.2) is 4.39 Å². The van der Waals surface area contributed by atoms with Crippen LogP contribution >= 0.6 is 22.6 Å². The maximum Gasteiger partial charge on any atom is 0.123 e. The first kappa shape index (κ1) is 23.2. The van der Waals surface area contributed by atoms with Crippen molar-refractivity contribution >= 4 is 33.5 Å². The Morgan fingerprint density at radius 3 is 2.19 bits per heavy atom. The third kappa shape index (κ3) is 7.03. The summed E-state index contributed by atoms with van der Waals surface area (Å²) in [5.41, 5.74) is 4.89. The normalized spacial score (nSPS) is 9.44. The number of nitrogens with zero attached hydrogens (tertiary/aromatic N) is 1. The van der Waals surface area contributed by atoms with Gasteiger partial charge in [0.25, 0.3) is 0 Å². The van der Waals surface area contributed by atoms with Crippen LogP contribution in [-0.4, -0.2) is 4.57 Å². The number of aromatic nitrogens is 1. The molecule has 1 nitrogen and oxygen atoms in total. The number of halogens is 2. The van der Waals surface area contributed by atoms with E-state index in [0.29, 0.717) is 0 Å². The van der Waals surface area contributed by atoms with Crippen molar-refractivity contribution in [3.05, 3.63) is 71.2 Å². The Kier molecular flexibility index (Phi) is 10.8. The Morgan fingerprint density at radius 2 is 1.67 bits per heavy atom. The standard InChI is InChI=1S/C15H16IN.C7H7F.C2H6/c1-3-5-6-14-10-13-9-12(11-16)7-8-15(13)17(14)4-2;1-6-2-4-7(8)5-3-6;1-2/h7-10H,3-4,11H2,1-2H3;2-5H,1H3;1-2H3. The first-order valence-electron chi connectivity index (χ1n) is 9.48. The summed E-state index contributed by atoms with van der Waals surface area (Å²) in [6, 6.07) is 15.3. The Morgan fingerprint density at radius 1 is 1.00 bits per heavy atom. The van der Waals surface area contributed by atoms with Crippen LogP contribution in [0.5, 0.6) is 0 Å². The summed E-state index contributed by atoms with van der Waals surface area (Å²) in [4.78, 5) is 0. The van der Waals surface area contributed by atoms with Gasteiger partial charge >= 0.3 is 0 Å². The molecule has 0 saturated carbocycles. The first-order chi connectivity index (χ1) is 13.1. The van der Waals surface area contributed by atoms with Crippen molar-refractivity contribution in [3.63, 3.8) is 0 Å². The van der Waals surface area contributed by atoms with E-state index in [2.05, 4.69) is 77.1 Å². The van der Waals surface area contributed by atoms with Gasteiger partial charge in [0.2, 0.25) is 0 Å². The second-order valence-electron chi connectivity index (χ2n) is 5.75. The van der Waals surface area contributed by atoms with Crippen LogP contribution < -0.4 is 0 Å². The fourth-order valence-electron chi connectivity index (χ4n) is 2.56. The molecule has 3 aromatic rings. The highest BCUT2D eigenvalue weighted by molar-refractivity contribution is 14.1. The summed E-state index contributed by atoms with van der Waals surface area (Å²) in [5.74, 6) is 6.24. The average Bonchev–Trinajstić information content (AvgIpc) is 3.07. The Labute approximate surface area is 177 Å². The fourth-order valence-corrected chi connectivity index (χ4v) is 3.03. The molecule has 0 aliphatic heterocycles. The number of rotatable bonds is 2. The highest BCUT2D eigenvalue weighted by Gasteiger charge is 2.05. The van der Waals surface area contributed by atoms with Crippen LogP contribution in [0, 0.1) is 24.6 Å². The largest absolute Gasteiger partial charge is 0.334 e. The monoisotopic (exact) mass is 477 g/mol. The van der Waals surface area contributed by atoms with Gasteiger partial charge in [-0.2, -0.15) is 0 Å². The summed E-state index contributed by atoms with van der Waals surface area (Å²) in [6.45, 7) is 11.2. The molecular weight excluding hydrogens is 448 g/mol. The minimum atomic E-state index is -0.171. The zero-order valence-electron chi connectivity index (χ0n) is 16.9. The molecule has 144 valence electrons. The molecule has 0 saturated heterocycles. The molecule has 3 rings (SSSR count). The Bertz CT molecular complexity index is 861. The van der Waals surface area contributed by atoms with Crippen molar-refractivity contribution in [2.45, 2.75) is 52.0 Å². The number of hydrogen-bond donors (Lipinski definition) is 0. The molecule has 0 spiro atoms. The quantitative estimate of drug-likeness (QED) is 0.204. The van der Waals surface area contributed by atoms with E-state index in [1.165, 1.54) is 28.6 Å². The number of hydrogen-bond acceptors (Lipinski definition) is 0. The third-order valence-corrected chi connectivity index (χ3v) is 4.72. The van der Waals surface area contributed by atoms with Gasteiger partial charge in [-0.1, -0.05) is 73.0 Å². The Balaban J connectivity index is 0.000000305. The number of aryl methyl sites for hydroxylation is 2. The van der Waals surface area contributed by atoms with E-state index in [9.17, 15) is 4.39 Å².